The zero-order valence-electron chi connectivity index (χ0n) is 11.6. The fraction of sp³-hybridized carbons (Fsp3) is 0.429. The van der Waals surface area contributed by atoms with Crippen molar-refractivity contribution in [1.82, 2.24) is 4.90 Å². The van der Waals surface area contributed by atoms with Crippen molar-refractivity contribution in [2.75, 3.05) is 18.4 Å². The van der Waals surface area contributed by atoms with Gasteiger partial charge in [0.25, 0.3) is 0 Å². The van der Waals surface area contributed by atoms with Gasteiger partial charge in [-0.05, 0) is 18.6 Å². The molecule has 0 radical (unpaired) electrons. The SMILES string of the molecule is CCCN(CCC(=O)Nc1ccc(F)c(F)c1)C(C)=O. The van der Waals surface area contributed by atoms with Crippen LogP contribution in [-0.4, -0.2) is 29.8 Å². The number of nitrogens with one attached hydrogen (secondary N) is 1. The van der Waals surface area contributed by atoms with Gasteiger partial charge in [-0.25, -0.2) is 8.78 Å². The third-order valence-electron chi connectivity index (χ3n) is 2.75. The number of benzene rings is 1. The fourth-order valence-corrected chi connectivity index (χ4v) is 1.73. The van der Waals surface area contributed by atoms with E-state index in [4.69, 9.17) is 0 Å². The minimum atomic E-state index is -1.01. The average Bonchev–Trinajstić information content (AvgIpc) is 2.38. The molecule has 0 heterocycles. The van der Waals surface area contributed by atoms with E-state index in [-0.39, 0.29) is 23.9 Å². The molecular formula is C14H18F2N2O2. The Balaban J connectivity index is 2.50. The van der Waals surface area contributed by atoms with Gasteiger partial charge in [-0.1, -0.05) is 6.92 Å². The Hall–Kier alpha value is -1.98. The smallest absolute Gasteiger partial charge is 0.226 e. The quantitative estimate of drug-likeness (QED) is 0.872. The molecule has 0 aliphatic rings. The van der Waals surface area contributed by atoms with E-state index in [1.165, 1.54) is 13.0 Å². The van der Waals surface area contributed by atoms with E-state index in [1.807, 2.05) is 6.92 Å². The number of hydrogen-bond donors (Lipinski definition) is 1. The van der Waals surface area contributed by atoms with E-state index in [0.717, 1.165) is 18.6 Å². The third kappa shape index (κ3) is 4.95. The molecule has 0 saturated carbocycles. The van der Waals surface area contributed by atoms with Gasteiger partial charge in [-0.2, -0.15) is 0 Å². The van der Waals surface area contributed by atoms with E-state index in [0.29, 0.717) is 13.1 Å². The van der Waals surface area contributed by atoms with Crippen molar-refractivity contribution in [3.8, 4) is 0 Å². The monoisotopic (exact) mass is 284 g/mol. The molecule has 0 aliphatic carbocycles. The summed E-state index contributed by atoms with van der Waals surface area (Å²) < 4.78 is 25.7. The second-order valence-electron chi connectivity index (χ2n) is 4.43. The summed E-state index contributed by atoms with van der Waals surface area (Å²) in [5.41, 5.74) is 0.193. The molecule has 0 aliphatic heterocycles. The van der Waals surface area contributed by atoms with Crippen molar-refractivity contribution in [1.29, 1.82) is 0 Å². The molecule has 0 spiro atoms. The molecule has 20 heavy (non-hydrogen) atoms. The van der Waals surface area contributed by atoms with E-state index < -0.39 is 11.6 Å². The summed E-state index contributed by atoms with van der Waals surface area (Å²) in [5.74, 6) is -2.42. The molecule has 1 aromatic carbocycles. The number of nitrogens with zero attached hydrogens (tertiary/aromatic N) is 1. The molecular weight excluding hydrogens is 266 g/mol. The van der Waals surface area contributed by atoms with Gasteiger partial charge in [-0.3, -0.25) is 9.59 Å². The Morgan fingerprint density at radius 3 is 2.45 bits per heavy atom. The first-order valence-corrected chi connectivity index (χ1v) is 6.44. The van der Waals surface area contributed by atoms with Crippen LogP contribution in [0.15, 0.2) is 18.2 Å². The predicted molar refractivity (Wildman–Crippen MR) is 72.1 cm³/mol. The summed E-state index contributed by atoms with van der Waals surface area (Å²) in [5, 5.41) is 2.46. The highest BCUT2D eigenvalue weighted by atomic mass is 19.2. The van der Waals surface area contributed by atoms with Gasteiger partial charge < -0.3 is 10.2 Å². The number of amides is 2. The minimum Gasteiger partial charge on any atom is -0.342 e. The predicted octanol–water partition coefficient (Wildman–Crippen LogP) is 2.55. The Morgan fingerprint density at radius 1 is 1.20 bits per heavy atom. The molecule has 1 N–H and O–H groups in total. The molecule has 0 fully saturated rings. The van der Waals surface area contributed by atoms with Crippen molar-refractivity contribution in [3.63, 3.8) is 0 Å². The maximum absolute atomic E-state index is 13.0. The summed E-state index contributed by atoms with van der Waals surface area (Å²) in [6.07, 6.45) is 0.920. The van der Waals surface area contributed by atoms with Crippen molar-refractivity contribution < 1.29 is 18.4 Å². The van der Waals surface area contributed by atoms with E-state index in [2.05, 4.69) is 5.32 Å². The first-order valence-electron chi connectivity index (χ1n) is 6.44. The highest BCUT2D eigenvalue weighted by Gasteiger charge is 2.11. The Morgan fingerprint density at radius 2 is 1.90 bits per heavy atom. The lowest BCUT2D eigenvalue weighted by Gasteiger charge is -2.19. The molecule has 0 bridgehead atoms. The average molecular weight is 284 g/mol. The molecule has 110 valence electrons. The molecule has 4 nitrogen and oxygen atoms in total. The van der Waals surface area contributed by atoms with Crippen LogP contribution in [0.5, 0.6) is 0 Å². The second-order valence-corrected chi connectivity index (χ2v) is 4.43. The standard InChI is InChI=1S/C14H18F2N2O2/c1-3-7-18(10(2)19)8-6-14(20)17-11-4-5-12(15)13(16)9-11/h4-5,9H,3,6-8H2,1-2H3,(H,17,20). The minimum absolute atomic E-state index is 0.0903. The zero-order valence-corrected chi connectivity index (χ0v) is 11.6. The molecule has 0 aromatic heterocycles. The van der Waals surface area contributed by atoms with E-state index >= 15 is 0 Å². The second kappa shape index (κ2) is 7.57. The lowest BCUT2D eigenvalue weighted by Crippen LogP contribution is -2.32. The van der Waals surface area contributed by atoms with Crippen LogP contribution in [-0.2, 0) is 9.59 Å². The first kappa shape index (κ1) is 16.1. The number of halogens is 2. The largest absolute Gasteiger partial charge is 0.342 e. The summed E-state index contributed by atoms with van der Waals surface area (Å²) >= 11 is 0. The molecule has 0 saturated heterocycles. The van der Waals surface area contributed by atoms with E-state index in [1.54, 1.807) is 4.90 Å². The fourth-order valence-electron chi connectivity index (χ4n) is 1.73. The Kier molecular flexibility index (Phi) is 6.09. The maximum Gasteiger partial charge on any atom is 0.226 e. The van der Waals surface area contributed by atoms with Crippen LogP contribution < -0.4 is 5.32 Å². The summed E-state index contributed by atoms with van der Waals surface area (Å²) in [6, 6.07) is 3.15. The van der Waals surface area contributed by atoms with Crippen LogP contribution in [0.1, 0.15) is 26.7 Å². The Labute approximate surface area is 116 Å². The number of hydrogen-bond acceptors (Lipinski definition) is 2. The van der Waals surface area contributed by atoms with Gasteiger partial charge in [0.15, 0.2) is 11.6 Å². The summed E-state index contributed by atoms with van der Waals surface area (Å²) in [4.78, 5) is 24.5. The summed E-state index contributed by atoms with van der Waals surface area (Å²) in [6.45, 7) is 4.28. The number of carbonyl (C=O) groups excluding carboxylic acids is 2. The molecule has 2 amide bonds. The molecule has 1 aromatic rings. The first-order chi connectivity index (χ1) is 9.43. The van der Waals surface area contributed by atoms with Crippen LogP contribution in [0.2, 0.25) is 0 Å². The van der Waals surface area contributed by atoms with Gasteiger partial charge in [0.05, 0.1) is 0 Å². The zero-order chi connectivity index (χ0) is 15.1. The van der Waals surface area contributed by atoms with Crippen molar-refractivity contribution in [3.05, 3.63) is 29.8 Å². The summed E-state index contributed by atoms with van der Waals surface area (Å²) in [7, 11) is 0. The van der Waals surface area contributed by atoms with Crippen molar-refractivity contribution in [2.45, 2.75) is 26.7 Å². The number of anilines is 1. The Bertz CT molecular complexity index is 492. The van der Waals surface area contributed by atoms with Gasteiger partial charge >= 0.3 is 0 Å². The molecule has 0 atom stereocenters. The van der Waals surface area contributed by atoms with E-state index in [9.17, 15) is 18.4 Å². The van der Waals surface area contributed by atoms with Crippen LogP contribution in [0.25, 0.3) is 0 Å². The number of rotatable bonds is 6. The van der Waals surface area contributed by atoms with Gasteiger partial charge in [0.2, 0.25) is 11.8 Å². The topological polar surface area (TPSA) is 49.4 Å². The number of carbonyl (C=O) groups is 2. The lowest BCUT2D eigenvalue weighted by atomic mass is 10.2. The lowest BCUT2D eigenvalue weighted by molar-refractivity contribution is -0.129. The van der Waals surface area contributed by atoms with Crippen LogP contribution in [0, 0.1) is 11.6 Å². The molecule has 0 unspecified atom stereocenters. The van der Waals surface area contributed by atoms with Gasteiger partial charge in [0.1, 0.15) is 0 Å². The molecule has 1 rings (SSSR count). The third-order valence-corrected chi connectivity index (χ3v) is 2.75. The highest BCUT2D eigenvalue weighted by Crippen LogP contribution is 2.13. The van der Waals surface area contributed by atoms with Crippen LogP contribution in [0.4, 0.5) is 14.5 Å². The van der Waals surface area contributed by atoms with Crippen LogP contribution >= 0.6 is 0 Å². The highest BCUT2D eigenvalue weighted by molar-refractivity contribution is 5.91. The normalized spacial score (nSPS) is 10.2. The van der Waals surface area contributed by atoms with Crippen molar-refractivity contribution >= 4 is 17.5 Å². The molecule has 6 heteroatoms. The maximum atomic E-state index is 13.0. The van der Waals surface area contributed by atoms with Crippen LogP contribution in [0.3, 0.4) is 0 Å². The van der Waals surface area contributed by atoms with Gasteiger partial charge in [-0.15, -0.1) is 0 Å². The van der Waals surface area contributed by atoms with Gasteiger partial charge in [0, 0.05) is 38.2 Å². The van der Waals surface area contributed by atoms with Crippen molar-refractivity contribution in [2.24, 2.45) is 0 Å².